The number of primary amides is 1. The Morgan fingerprint density at radius 1 is 1.13 bits per heavy atom. The molecule has 8 heteroatoms. The smallest absolute Gasteiger partial charge is 0.248 e. The van der Waals surface area contributed by atoms with Gasteiger partial charge in [0.2, 0.25) is 15.9 Å². The number of benzene rings is 2. The number of carbonyl (C=O) groups is 1. The second-order valence-corrected chi connectivity index (χ2v) is 8.52. The molecule has 1 amide bonds. The van der Waals surface area contributed by atoms with Crippen molar-refractivity contribution in [2.75, 3.05) is 10.5 Å². The van der Waals surface area contributed by atoms with Gasteiger partial charge in [0.05, 0.1) is 22.5 Å². The van der Waals surface area contributed by atoms with Crippen LogP contribution in [0.3, 0.4) is 0 Å². The summed E-state index contributed by atoms with van der Waals surface area (Å²) < 4.78 is 28.4. The number of carbonyl (C=O) groups excluding carboxylic acids is 1. The maximum Gasteiger partial charge on any atom is 0.248 e. The fourth-order valence-corrected chi connectivity index (χ4v) is 4.57. The molecule has 0 unspecified atom stereocenters. The number of aromatic nitrogens is 1. The van der Waals surface area contributed by atoms with Crippen molar-refractivity contribution in [3.8, 4) is 17.3 Å². The van der Waals surface area contributed by atoms with Gasteiger partial charge in [-0.15, -0.1) is 0 Å². The van der Waals surface area contributed by atoms with Gasteiger partial charge in [0.25, 0.3) is 0 Å². The summed E-state index contributed by atoms with van der Waals surface area (Å²) in [6.45, 7) is 8.34. The zero-order valence-electron chi connectivity index (χ0n) is 18.3. The van der Waals surface area contributed by atoms with Gasteiger partial charge in [-0.1, -0.05) is 39.0 Å². The highest BCUT2D eigenvalue weighted by Crippen LogP contribution is 2.34. The Balaban J connectivity index is 0.00000166. The van der Waals surface area contributed by atoms with Gasteiger partial charge < -0.3 is 10.3 Å². The molecule has 0 saturated carbocycles. The summed E-state index contributed by atoms with van der Waals surface area (Å²) in [5.41, 5.74) is 8.99. The second-order valence-electron chi connectivity index (χ2n) is 6.67. The largest absolute Gasteiger partial charge is 0.366 e. The Morgan fingerprint density at radius 2 is 1.77 bits per heavy atom. The third kappa shape index (κ3) is 5.06. The average molecular weight is 441 g/mol. The molecule has 1 aromatic heterocycles. The molecule has 0 fully saturated rings. The van der Waals surface area contributed by atoms with Gasteiger partial charge in [0.1, 0.15) is 6.07 Å². The Bertz CT molecular complexity index is 1220. The molecule has 1 heterocycles. The van der Waals surface area contributed by atoms with E-state index in [0.29, 0.717) is 29.8 Å². The van der Waals surface area contributed by atoms with Gasteiger partial charge >= 0.3 is 0 Å². The van der Waals surface area contributed by atoms with E-state index in [1.165, 1.54) is 0 Å². The van der Waals surface area contributed by atoms with Crippen LogP contribution in [0.25, 0.3) is 22.2 Å². The Kier molecular flexibility index (Phi) is 7.83. The molecule has 3 N–H and O–H groups in total. The third-order valence-corrected chi connectivity index (χ3v) is 6.17. The van der Waals surface area contributed by atoms with Crippen molar-refractivity contribution in [1.29, 1.82) is 5.26 Å². The van der Waals surface area contributed by atoms with E-state index in [2.05, 4.69) is 10.8 Å². The van der Waals surface area contributed by atoms with E-state index in [1.54, 1.807) is 49.4 Å². The average Bonchev–Trinajstić information content (AvgIpc) is 3.08. The van der Waals surface area contributed by atoms with Gasteiger partial charge in [0.15, 0.2) is 0 Å². The molecule has 164 valence electrons. The van der Waals surface area contributed by atoms with Gasteiger partial charge in [-0.3, -0.25) is 9.52 Å². The van der Waals surface area contributed by atoms with Gasteiger partial charge in [0, 0.05) is 23.2 Å². The van der Waals surface area contributed by atoms with E-state index >= 15 is 0 Å². The SMILES string of the molecule is CC.CCCS(=O)(=O)Nc1ccc(-c2c(C#N)c3ccc(C(N)=O)cc3n2CC)cc1. The maximum atomic E-state index is 12.0. The normalized spacial score (nSPS) is 10.8. The number of rotatable bonds is 7. The number of sulfonamides is 1. The topological polar surface area (TPSA) is 118 Å². The van der Waals surface area contributed by atoms with Crippen LogP contribution in [0, 0.1) is 11.3 Å². The lowest BCUT2D eigenvalue weighted by atomic mass is 10.0. The predicted octanol–water partition coefficient (Wildman–Crippen LogP) is 4.48. The molecule has 0 saturated heterocycles. The number of nitrogens with one attached hydrogen (secondary N) is 1. The van der Waals surface area contributed by atoms with Crippen LogP contribution in [0.4, 0.5) is 5.69 Å². The molecule has 0 aliphatic rings. The van der Waals surface area contributed by atoms with Crippen molar-refractivity contribution in [2.45, 2.75) is 40.7 Å². The molecule has 0 bridgehead atoms. The molecular formula is C23H28N4O3S. The lowest BCUT2D eigenvalue weighted by Crippen LogP contribution is -2.15. The van der Waals surface area contributed by atoms with E-state index in [-0.39, 0.29) is 5.75 Å². The summed E-state index contributed by atoms with van der Waals surface area (Å²) in [7, 11) is -3.37. The van der Waals surface area contributed by atoms with Crippen LogP contribution in [0.1, 0.15) is 50.0 Å². The minimum absolute atomic E-state index is 0.0552. The first-order valence-corrected chi connectivity index (χ1v) is 11.9. The first-order chi connectivity index (χ1) is 14.8. The van der Waals surface area contributed by atoms with E-state index in [4.69, 9.17) is 5.73 Å². The van der Waals surface area contributed by atoms with Gasteiger partial charge in [-0.05, 0) is 43.2 Å². The Morgan fingerprint density at radius 3 is 2.29 bits per heavy atom. The van der Waals surface area contributed by atoms with Crippen LogP contribution in [-0.2, 0) is 16.6 Å². The molecule has 0 spiro atoms. The summed E-state index contributed by atoms with van der Waals surface area (Å²) in [5, 5.41) is 10.5. The standard InChI is InChI=1S/C21H22N4O3S.C2H6/c1-3-11-29(27,28)24-16-8-5-14(6-9-16)20-18(13-22)17-10-7-15(21(23)26)12-19(17)25(20)4-2;1-2/h5-10,12,24H,3-4,11H2,1-2H3,(H2,23,26);1-2H3. The lowest BCUT2D eigenvalue weighted by molar-refractivity contribution is 0.100. The van der Waals surface area contributed by atoms with Crippen LogP contribution < -0.4 is 10.5 Å². The van der Waals surface area contributed by atoms with E-state index in [0.717, 1.165) is 22.2 Å². The molecule has 0 atom stereocenters. The van der Waals surface area contributed by atoms with E-state index < -0.39 is 15.9 Å². The minimum Gasteiger partial charge on any atom is -0.366 e. The number of hydrogen-bond donors (Lipinski definition) is 2. The number of hydrogen-bond acceptors (Lipinski definition) is 4. The fraction of sp³-hybridized carbons (Fsp3) is 0.304. The maximum absolute atomic E-state index is 12.0. The summed E-state index contributed by atoms with van der Waals surface area (Å²) in [6.07, 6.45) is 0.531. The van der Waals surface area contributed by atoms with Gasteiger partial charge in [-0.2, -0.15) is 5.26 Å². The predicted molar refractivity (Wildman–Crippen MR) is 125 cm³/mol. The first-order valence-electron chi connectivity index (χ1n) is 10.3. The molecule has 0 aliphatic carbocycles. The van der Waals surface area contributed by atoms with E-state index in [1.807, 2.05) is 25.3 Å². The zero-order chi connectivity index (χ0) is 23.2. The number of amides is 1. The van der Waals surface area contributed by atoms with Crippen molar-refractivity contribution >= 4 is 32.5 Å². The number of anilines is 1. The number of nitriles is 1. The number of nitrogens with two attached hydrogens (primary N) is 1. The summed E-state index contributed by atoms with van der Waals surface area (Å²) in [5.74, 6) is -0.473. The highest BCUT2D eigenvalue weighted by atomic mass is 32.2. The van der Waals surface area contributed by atoms with Crippen LogP contribution >= 0.6 is 0 Å². The molecule has 0 radical (unpaired) electrons. The molecule has 31 heavy (non-hydrogen) atoms. The summed E-state index contributed by atoms with van der Waals surface area (Å²) in [4.78, 5) is 11.6. The third-order valence-electron chi connectivity index (χ3n) is 4.68. The van der Waals surface area contributed by atoms with Crippen molar-refractivity contribution < 1.29 is 13.2 Å². The van der Waals surface area contributed by atoms with Gasteiger partial charge in [-0.25, -0.2) is 8.42 Å². The summed E-state index contributed by atoms with van der Waals surface area (Å²) >= 11 is 0. The van der Waals surface area contributed by atoms with Crippen LogP contribution in [0.5, 0.6) is 0 Å². The van der Waals surface area contributed by atoms with Crippen LogP contribution in [0.2, 0.25) is 0 Å². The molecule has 0 aliphatic heterocycles. The quantitative estimate of drug-likeness (QED) is 0.563. The Labute approximate surface area is 183 Å². The highest BCUT2D eigenvalue weighted by Gasteiger charge is 2.19. The molecule has 7 nitrogen and oxygen atoms in total. The van der Waals surface area contributed by atoms with Crippen molar-refractivity contribution in [1.82, 2.24) is 4.57 Å². The minimum atomic E-state index is -3.37. The molecule has 2 aromatic carbocycles. The van der Waals surface area contributed by atoms with E-state index in [9.17, 15) is 18.5 Å². The highest BCUT2D eigenvalue weighted by molar-refractivity contribution is 7.92. The molecular weight excluding hydrogens is 412 g/mol. The number of fused-ring (bicyclic) bond motifs is 1. The van der Waals surface area contributed by atoms with Crippen molar-refractivity contribution in [3.05, 3.63) is 53.6 Å². The molecule has 3 aromatic rings. The van der Waals surface area contributed by atoms with Crippen molar-refractivity contribution in [3.63, 3.8) is 0 Å². The monoisotopic (exact) mass is 440 g/mol. The molecule has 3 rings (SSSR count). The van der Waals surface area contributed by atoms with Crippen molar-refractivity contribution in [2.24, 2.45) is 5.73 Å². The van der Waals surface area contributed by atoms with Crippen LogP contribution in [0.15, 0.2) is 42.5 Å². The zero-order valence-corrected chi connectivity index (χ0v) is 19.1. The fourth-order valence-electron chi connectivity index (χ4n) is 3.44. The second kappa shape index (κ2) is 10.1. The number of nitrogens with zero attached hydrogens (tertiary/aromatic N) is 2. The first kappa shape index (κ1) is 24.0. The van der Waals surface area contributed by atoms with Crippen LogP contribution in [-0.4, -0.2) is 24.6 Å². The summed E-state index contributed by atoms with van der Waals surface area (Å²) in [6, 6.07) is 14.2. The Hall–Kier alpha value is -3.31. The number of aryl methyl sites for hydroxylation is 1. The lowest BCUT2D eigenvalue weighted by Gasteiger charge is -2.11.